The second kappa shape index (κ2) is 18.7. The van der Waals surface area contributed by atoms with Crippen LogP contribution in [0.5, 0.6) is 0 Å². The predicted molar refractivity (Wildman–Crippen MR) is 236 cm³/mol. The van der Waals surface area contributed by atoms with E-state index in [2.05, 4.69) is 0 Å². The molecule has 0 saturated carbocycles. The summed E-state index contributed by atoms with van der Waals surface area (Å²) in [6.45, 7) is 11.5. The average Bonchev–Trinajstić information content (AvgIpc) is 3.67. The van der Waals surface area contributed by atoms with Crippen molar-refractivity contribution >= 4 is 141 Å². The molecule has 5 aliphatic heterocycles. The number of carbonyl (C=O) groups is 8. The lowest BCUT2D eigenvalue weighted by Gasteiger charge is -2.33. The SMILES string of the molecule is CCSC1=C(S[C@@H](CC)[C@H]2SC3=C(S[C@H]([C@@H](CC)SC4=C(SCC)C(=O)N(C)C4=O)[C@@H](C)SC4=C(S[C@@H]2C)C(=O)N(C)C4=O)C(=O)N(C)C3=O)C(=O)N(C)C1=O. The number of thioether (sulfide) groups is 8. The highest BCUT2D eigenvalue weighted by Gasteiger charge is 2.48. The van der Waals surface area contributed by atoms with Crippen LogP contribution >= 0.6 is 94.1 Å². The summed E-state index contributed by atoms with van der Waals surface area (Å²) in [5, 5.41) is -2.56. The third kappa shape index (κ3) is 8.37. The molecule has 0 N–H and O–H groups in total. The van der Waals surface area contributed by atoms with Gasteiger partial charge in [-0.1, -0.05) is 41.5 Å². The first-order valence-corrected chi connectivity index (χ1v) is 25.2. The summed E-state index contributed by atoms with van der Waals surface area (Å²) in [6.07, 6.45) is 1.02. The lowest BCUT2D eigenvalue weighted by atomic mass is 10.2. The van der Waals surface area contributed by atoms with Crippen molar-refractivity contribution in [2.24, 2.45) is 0 Å². The molecule has 8 amide bonds. The Labute approximate surface area is 361 Å². The van der Waals surface area contributed by atoms with Gasteiger partial charge in [-0.3, -0.25) is 58.0 Å². The van der Waals surface area contributed by atoms with Gasteiger partial charge in [0.2, 0.25) is 0 Å². The van der Waals surface area contributed by atoms with Crippen molar-refractivity contribution in [2.75, 3.05) is 39.7 Å². The first kappa shape index (κ1) is 45.4. The van der Waals surface area contributed by atoms with Gasteiger partial charge < -0.3 is 0 Å². The predicted octanol–water partition coefficient (Wildman–Crippen LogP) is 5.82. The normalized spacial score (nSPS) is 26.8. The molecule has 5 aliphatic rings. The molecule has 0 aliphatic carbocycles. The van der Waals surface area contributed by atoms with Gasteiger partial charge in [0, 0.05) is 59.7 Å². The molecular formula is C36H44N4O8S8. The van der Waals surface area contributed by atoms with E-state index in [-0.39, 0.29) is 41.9 Å². The van der Waals surface area contributed by atoms with E-state index in [1.165, 1.54) is 122 Å². The molecule has 0 aromatic rings. The number of nitrogens with zero attached hydrogens (tertiary/aromatic N) is 4. The van der Waals surface area contributed by atoms with Gasteiger partial charge in [-0.2, -0.15) is 0 Å². The molecule has 0 radical (unpaired) electrons. The van der Waals surface area contributed by atoms with Crippen molar-refractivity contribution in [2.45, 2.75) is 85.9 Å². The summed E-state index contributed by atoms with van der Waals surface area (Å²) in [5.74, 6) is -2.20. The van der Waals surface area contributed by atoms with E-state index in [4.69, 9.17) is 0 Å². The largest absolute Gasteiger partial charge is 0.277 e. The van der Waals surface area contributed by atoms with Crippen LogP contribution < -0.4 is 0 Å². The monoisotopic (exact) mass is 916 g/mol. The van der Waals surface area contributed by atoms with Crippen LogP contribution in [-0.4, -0.2) is 138 Å². The number of amides is 8. The number of carbonyl (C=O) groups excluding carboxylic acids is 8. The molecule has 20 heteroatoms. The van der Waals surface area contributed by atoms with Crippen molar-refractivity contribution in [3.05, 3.63) is 39.2 Å². The van der Waals surface area contributed by atoms with Gasteiger partial charge in [0.05, 0.1) is 39.2 Å². The molecule has 0 saturated heterocycles. The van der Waals surface area contributed by atoms with E-state index in [1.807, 2.05) is 41.5 Å². The Hall–Kier alpha value is -1.68. The molecule has 0 spiro atoms. The molecule has 5 heterocycles. The summed E-state index contributed by atoms with van der Waals surface area (Å²) in [4.78, 5) is 116. The van der Waals surface area contributed by atoms with Gasteiger partial charge >= 0.3 is 0 Å². The molecule has 12 nitrogen and oxygen atoms in total. The topological polar surface area (TPSA) is 150 Å². The minimum Gasteiger partial charge on any atom is -0.277 e. The van der Waals surface area contributed by atoms with Crippen LogP contribution in [0.3, 0.4) is 0 Å². The van der Waals surface area contributed by atoms with Crippen molar-refractivity contribution in [1.29, 1.82) is 0 Å². The Kier molecular flexibility index (Phi) is 15.2. The molecule has 0 fully saturated rings. The van der Waals surface area contributed by atoms with Crippen LogP contribution in [-0.2, 0) is 38.4 Å². The minimum atomic E-state index is -0.492. The highest BCUT2D eigenvalue weighted by Crippen LogP contribution is 2.53. The number of likely N-dealkylation sites (N-methyl/N-ethyl adjacent to an activating group) is 4. The van der Waals surface area contributed by atoms with Crippen molar-refractivity contribution in [1.82, 2.24) is 19.6 Å². The zero-order chi connectivity index (χ0) is 41.5. The fourth-order valence-corrected chi connectivity index (χ4v) is 17.9. The first-order valence-electron chi connectivity index (χ1n) is 18.0. The van der Waals surface area contributed by atoms with Crippen molar-refractivity contribution < 1.29 is 38.4 Å². The summed E-state index contributed by atoms with van der Waals surface area (Å²) in [6, 6.07) is 0. The highest BCUT2D eigenvalue weighted by molar-refractivity contribution is 8.14. The summed E-state index contributed by atoms with van der Waals surface area (Å²) in [7, 11) is 5.79. The maximum atomic E-state index is 14.1. The van der Waals surface area contributed by atoms with E-state index >= 15 is 0 Å². The van der Waals surface area contributed by atoms with Crippen LogP contribution in [0.1, 0.15) is 54.4 Å². The molecule has 6 atom stereocenters. The standard InChI is InChI=1S/C36H44N4O8S8/c1-11-17(53-23-21(49-13-3)29(41)37(7)31(23)43)19-15(5)51-25-26(34(46)39(9)33(25)45)52-16(6)20(56-28-27(55-19)35(47)40(10)36(28)48)18(12-2)54-24-22(50-14-4)30(42)38(8)32(24)44/h15-20H,11-14H2,1-10H3/t15-,16-,17-,18+,19+,20+/m1/s1. The second-order valence-electron chi connectivity index (χ2n) is 13.1. The summed E-state index contributed by atoms with van der Waals surface area (Å²) < 4.78 is 0. The second-order valence-corrected chi connectivity index (χ2v) is 23.3. The van der Waals surface area contributed by atoms with Gasteiger partial charge in [0.15, 0.2) is 0 Å². The Morgan fingerprint density at radius 1 is 0.446 bits per heavy atom. The zero-order valence-electron chi connectivity index (χ0n) is 32.6. The van der Waals surface area contributed by atoms with E-state index in [1.54, 1.807) is 0 Å². The third-order valence-electron chi connectivity index (χ3n) is 9.51. The Bertz CT molecular complexity index is 1780. The fourth-order valence-electron chi connectivity index (χ4n) is 6.33. The summed E-state index contributed by atoms with van der Waals surface area (Å²) in [5.41, 5.74) is 0. The Morgan fingerprint density at radius 3 is 1.00 bits per heavy atom. The third-order valence-corrected chi connectivity index (χ3v) is 21.5. The number of imide groups is 4. The molecule has 0 aromatic carbocycles. The van der Waals surface area contributed by atoms with Crippen molar-refractivity contribution in [3.63, 3.8) is 0 Å². The van der Waals surface area contributed by atoms with E-state index in [0.717, 1.165) is 19.6 Å². The van der Waals surface area contributed by atoms with Gasteiger partial charge in [0.1, 0.15) is 0 Å². The number of hydrogen-bond donors (Lipinski definition) is 0. The average molecular weight is 917 g/mol. The number of hydrogen-bond acceptors (Lipinski definition) is 16. The van der Waals surface area contributed by atoms with Gasteiger partial charge in [-0.25, -0.2) is 0 Å². The minimum absolute atomic E-state index is 0.248. The van der Waals surface area contributed by atoms with E-state index < -0.39 is 56.4 Å². The molecule has 0 aromatic heterocycles. The van der Waals surface area contributed by atoms with Crippen LogP contribution in [0, 0.1) is 0 Å². The lowest BCUT2D eigenvalue weighted by molar-refractivity contribution is -0.136. The molecule has 56 heavy (non-hydrogen) atoms. The van der Waals surface area contributed by atoms with Gasteiger partial charge in [0.25, 0.3) is 47.3 Å². The van der Waals surface area contributed by atoms with Crippen LogP contribution in [0.4, 0.5) is 0 Å². The van der Waals surface area contributed by atoms with Crippen molar-refractivity contribution in [3.8, 4) is 0 Å². The lowest BCUT2D eigenvalue weighted by Crippen LogP contribution is -2.32. The summed E-state index contributed by atoms with van der Waals surface area (Å²) >= 11 is 10.1. The highest BCUT2D eigenvalue weighted by atomic mass is 32.2. The molecule has 0 bridgehead atoms. The van der Waals surface area contributed by atoms with Gasteiger partial charge in [-0.15, -0.1) is 94.1 Å². The van der Waals surface area contributed by atoms with Crippen LogP contribution in [0.15, 0.2) is 39.2 Å². The van der Waals surface area contributed by atoms with Gasteiger partial charge in [-0.05, 0) is 24.3 Å². The Balaban J connectivity index is 1.67. The van der Waals surface area contributed by atoms with E-state index in [9.17, 15) is 38.4 Å². The first-order chi connectivity index (χ1) is 26.4. The molecule has 0 unspecified atom stereocenters. The van der Waals surface area contributed by atoms with Crippen LogP contribution in [0.2, 0.25) is 0 Å². The molecule has 304 valence electrons. The fraction of sp³-hybridized carbons (Fsp3) is 0.556. The smallest absolute Gasteiger partial charge is 0.268 e. The van der Waals surface area contributed by atoms with E-state index in [0.29, 0.717) is 44.0 Å². The maximum Gasteiger partial charge on any atom is 0.268 e. The quantitative estimate of drug-likeness (QED) is 0.216. The molecule has 5 rings (SSSR count). The zero-order valence-corrected chi connectivity index (χ0v) is 39.1. The van der Waals surface area contributed by atoms with Crippen LogP contribution in [0.25, 0.3) is 0 Å². The molecular weight excluding hydrogens is 873 g/mol. The number of rotatable bonds is 12. The Morgan fingerprint density at radius 2 is 0.714 bits per heavy atom. The maximum absolute atomic E-state index is 14.1.